The Balaban J connectivity index is 1.66. The molecule has 7 nitrogen and oxygen atoms in total. The molecule has 0 heterocycles. The van der Waals surface area contributed by atoms with Gasteiger partial charge in [-0.3, -0.25) is 19.7 Å². The van der Waals surface area contributed by atoms with Crippen molar-refractivity contribution in [1.29, 1.82) is 0 Å². The van der Waals surface area contributed by atoms with Crippen molar-refractivity contribution in [2.75, 3.05) is 11.9 Å². The van der Waals surface area contributed by atoms with E-state index < -0.39 is 10.8 Å². The highest BCUT2D eigenvalue weighted by atomic mass is 16.6. The van der Waals surface area contributed by atoms with Crippen molar-refractivity contribution in [3.63, 3.8) is 0 Å². The van der Waals surface area contributed by atoms with E-state index in [-0.39, 0.29) is 23.6 Å². The van der Waals surface area contributed by atoms with Gasteiger partial charge in [0.2, 0.25) is 0 Å². The van der Waals surface area contributed by atoms with Crippen LogP contribution < -0.4 is 10.1 Å². The molecule has 0 aliphatic carbocycles. The summed E-state index contributed by atoms with van der Waals surface area (Å²) < 4.78 is 5.39. The number of ether oxygens (including phenoxy) is 1. The van der Waals surface area contributed by atoms with E-state index in [4.69, 9.17) is 4.74 Å². The Morgan fingerprint density at radius 1 is 1.03 bits per heavy atom. The molecule has 0 unspecified atom stereocenters. The highest BCUT2D eigenvalue weighted by Gasteiger charge is 2.13. The summed E-state index contributed by atoms with van der Waals surface area (Å²) in [5, 5.41) is 13.6. The molecule has 7 heteroatoms. The number of anilines is 1. The third kappa shape index (κ3) is 5.26. The van der Waals surface area contributed by atoms with Gasteiger partial charge in [0.1, 0.15) is 5.75 Å². The van der Waals surface area contributed by atoms with E-state index in [1.165, 1.54) is 12.1 Å². The molecule has 0 saturated carbocycles. The Labute approximate surface area is 167 Å². The number of carbonyl (C=O) groups excluding carboxylic acids is 2. The monoisotopic (exact) mass is 390 g/mol. The van der Waals surface area contributed by atoms with Crippen LogP contribution in [-0.2, 0) is 11.2 Å². The van der Waals surface area contributed by atoms with E-state index in [1.807, 2.05) is 48.5 Å². The minimum Gasteiger partial charge on any atom is -0.483 e. The van der Waals surface area contributed by atoms with Crippen LogP contribution in [0.3, 0.4) is 0 Å². The van der Waals surface area contributed by atoms with Crippen molar-refractivity contribution in [1.82, 2.24) is 0 Å². The van der Waals surface area contributed by atoms with Crippen LogP contribution in [0.25, 0.3) is 0 Å². The molecule has 3 rings (SSSR count). The van der Waals surface area contributed by atoms with Crippen LogP contribution in [0.2, 0.25) is 0 Å². The summed E-state index contributed by atoms with van der Waals surface area (Å²) >= 11 is 0. The van der Waals surface area contributed by atoms with E-state index >= 15 is 0 Å². The highest BCUT2D eigenvalue weighted by Crippen LogP contribution is 2.23. The van der Waals surface area contributed by atoms with Gasteiger partial charge in [-0.25, -0.2) is 0 Å². The molecule has 146 valence electrons. The lowest BCUT2D eigenvalue weighted by molar-refractivity contribution is -0.384. The van der Waals surface area contributed by atoms with Crippen molar-refractivity contribution >= 4 is 23.6 Å². The van der Waals surface area contributed by atoms with Crippen molar-refractivity contribution < 1.29 is 19.2 Å². The van der Waals surface area contributed by atoms with Crippen LogP contribution in [0.1, 0.15) is 21.5 Å². The molecule has 3 aromatic rings. The minimum absolute atomic E-state index is 0.0106. The Hall–Kier alpha value is -4.00. The summed E-state index contributed by atoms with van der Waals surface area (Å²) in [6.07, 6.45) is 1.12. The lowest BCUT2D eigenvalue weighted by atomic mass is 10.0. The van der Waals surface area contributed by atoms with Gasteiger partial charge < -0.3 is 10.1 Å². The molecular formula is C22H18N2O5. The van der Waals surface area contributed by atoms with Crippen molar-refractivity contribution in [3.8, 4) is 5.75 Å². The lowest BCUT2D eigenvalue weighted by Crippen LogP contribution is -2.21. The van der Waals surface area contributed by atoms with Crippen LogP contribution in [0, 0.1) is 10.1 Å². The maximum absolute atomic E-state index is 12.3. The Bertz CT molecular complexity index is 1030. The average Bonchev–Trinajstić information content (AvgIpc) is 2.74. The molecule has 1 amide bonds. The molecule has 0 spiro atoms. The number of nitro benzene ring substituents is 1. The summed E-state index contributed by atoms with van der Waals surface area (Å²) in [5.74, 6) is -0.293. The third-order valence-electron chi connectivity index (χ3n) is 4.22. The number of nitro groups is 1. The zero-order chi connectivity index (χ0) is 20.6. The number of amides is 1. The van der Waals surface area contributed by atoms with Crippen LogP contribution in [-0.4, -0.2) is 23.7 Å². The number of non-ortho nitro benzene ring substituents is 1. The van der Waals surface area contributed by atoms with Crippen LogP contribution in [0.15, 0.2) is 72.8 Å². The summed E-state index contributed by atoms with van der Waals surface area (Å²) in [4.78, 5) is 33.7. The first-order valence-electron chi connectivity index (χ1n) is 8.85. The zero-order valence-corrected chi connectivity index (χ0v) is 15.4. The number of benzene rings is 3. The number of hydrogen-bond donors (Lipinski definition) is 1. The first-order chi connectivity index (χ1) is 14.1. The van der Waals surface area contributed by atoms with E-state index in [0.717, 1.165) is 17.2 Å². The SMILES string of the molecule is O=Cc1cc([N+](=O)[O-])ccc1OCC(=O)Nc1ccccc1Cc1ccccc1. The van der Waals surface area contributed by atoms with Gasteiger partial charge in [-0.2, -0.15) is 0 Å². The van der Waals surface area contributed by atoms with Gasteiger partial charge >= 0.3 is 0 Å². The van der Waals surface area contributed by atoms with Crippen molar-refractivity contribution in [3.05, 3.63) is 99.6 Å². The molecule has 0 bridgehead atoms. The largest absolute Gasteiger partial charge is 0.483 e. The quantitative estimate of drug-likeness (QED) is 0.356. The molecule has 29 heavy (non-hydrogen) atoms. The molecule has 0 radical (unpaired) electrons. The Morgan fingerprint density at radius 2 is 1.76 bits per heavy atom. The van der Waals surface area contributed by atoms with Gasteiger partial charge in [-0.05, 0) is 29.7 Å². The number of nitrogens with zero attached hydrogens (tertiary/aromatic N) is 1. The van der Waals surface area contributed by atoms with Crippen LogP contribution in [0.5, 0.6) is 5.75 Å². The molecule has 0 fully saturated rings. The Kier molecular flexibility index (Phi) is 6.32. The van der Waals surface area contributed by atoms with Gasteiger partial charge in [0.25, 0.3) is 11.6 Å². The smallest absolute Gasteiger partial charge is 0.270 e. The maximum Gasteiger partial charge on any atom is 0.270 e. The fourth-order valence-electron chi connectivity index (χ4n) is 2.81. The van der Waals surface area contributed by atoms with Crippen LogP contribution >= 0.6 is 0 Å². The molecular weight excluding hydrogens is 372 g/mol. The van der Waals surface area contributed by atoms with Gasteiger partial charge in [0, 0.05) is 17.8 Å². The number of para-hydroxylation sites is 1. The fourth-order valence-corrected chi connectivity index (χ4v) is 2.81. The van der Waals surface area contributed by atoms with E-state index in [1.54, 1.807) is 6.07 Å². The third-order valence-corrected chi connectivity index (χ3v) is 4.22. The fraction of sp³-hybridized carbons (Fsp3) is 0.0909. The second-order valence-corrected chi connectivity index (χ2v) is 6.25. The zero-order valence-electron chi connectivity index (χ0n) is 15.4. The van der Waals surface area contributed by atoms with Gasteiger partial charge in [-0.1, -0.05) is 48.5 Å². The topological polar surface area (TPSA) is 98.5 Å². The molecule has 0 aromatic heterocycles. The van der Waals surface area contributed by atoms with Crippen molar-refractivity contribution in [2.45, 2.75) is 6.42 Å². The average molecular weight is 390 g/mol. The van der Waals surface area contributed by atoms with Gasteiger partial charge in [0.15, 0.2) is 12.9 Å². The standard InChI is InChI=1S/C22H18N2O5/c25-14-18-13-19(24(27)28)10-11-21(18)29-15-22(26)23-20-9-5-4-8-17(20)12-16-6-2-1-3-7-16/h1-11,13-14H,12,15H2,(H,23,26). The van der Waals surface area contributed by atoms with E-state index in [2.05, 4.69) is 5.32 Å². The summed E-state index contributed by atoms with van der Waals surface area (Å²) in [6, 6.07) is 21.0. The second kappa shape index (κ2) is 9.27. The summed E-state index contributed by atoms with van der Waals surface area (Å²) in [5.41, 5.74) is 2.53. The van der Waals surface area contributed by atoms with Crippen LogP contribution in [0.4, 0.5) is 11.4 Å². The molecule has 0 aliphatic heterocycles. The summed E-state index contributed by atoms with van der Waals surface area (Å²) in [6.45, 7) is -0.335. The molecule has 1 N–H and O–H groups in total. The first kappa shape index (κ1) is 19.8. The first-order valence-corrected chi connectivity index (χ1v) is 8.85. The van der Waals surface area contributed by atoms with Gasteiger partial charge in [0.05, 0.1) is 10.5 Å². The molecule has 0 saturated heterocycles. The van der Waals surface area contributed by atoms with E-state index in [0.29, 0.717) is 18.4 Å². The maximum atomic E-state index is 12.3. The Morgan fingerprint density at radius 3 is 2.48 bits per heavy atom. The molecule has 3 aromatic carbocycles. The van der Waals surface area contributed by atoms with Crippen molar-refractivity contribution in [2.24, 2.45) is 0 Å². The summed E-state index contributed by atoms with van der Waals surface area (Å²) in [7, 11) is 0. The highest BCUT2D eigenvalue weighted by molar-refractivity contribution is 5.93. The predicted octanol–water partition coefficient (Wildman–Crippen LogP) is 4.02. The number of carbonyl (C=O) groups is 2. The lowest BCUT2D eigenvalue weighted by Gasteiger charge is -2.12. The van der Waals surface area contributed by atoms with Gasteiger partial charge in [-0.15, -0.1) is 0 Å². The minimum atomic E-state index is -0.604. The number of hydrogen-bond acceptors (Lipinski definition) is 5. The van der Waals surface area contributed by atoms with E-state index in [9.17, 15) is 19.7 Å². The number of nitrogens with one attached hydrogen (secondary N) is 1. The number of rotatable bonds is 8. The second-order valence-electron chi connectivity index (χ2n) is 6.25. The molecule has 0 aliphatic rings. The number of aldehydes is 1. The molecule has 0 atom stereocenters. The normalized spacial score (nSPS) is 10.2. The predicted molar refractivity (Wildman–Crippen MR) is 108 cm³/mol.